The summed E-state index contributed by atoms with van der Waals surface area (Å²) in [5.74, 6) is 2.44. The molecule has 1 aromatic carbocycles. The molecule has 0 bridgehead atoms. The van der Waals surface area contributed by atoms with E-state index < -0.39 is 0 Å². The number of imidazole rings is 1. The monoisotopic (exact) mass is 320 g/mol. The number of benzene rings is 1. The van der Waals surface area contributed by atoms with Crippen molar-refractivity contribution >= 4 is 11.0 Å². The van der Waals surface area contributed by atoms with Gasteiger partial charge in [-0.2, -0.15) is 0 Å². The van der Waals surface area contributed by atoms with Gasteiger partial charge in [0.25, 0.3) is 0 Å². The van der Waals surface area contributed by atoms with Crippen molar-refractivity contribution in [3.8, 4) is 0 Å². The van der Waals surface area contributed by atoms with Crippen molar-refractivity contribution in [2.75, 3.05) is 13.1 Å². The highest BCUT2D eigenvalue weighted by atomic mass is 15.2. The second-order valence-corrected chi connectivity index (χ2v) is 7.19. The van der Waals surface area contributed by atoms with Gasteiger partial charge in [-0.3, -0.25) is 9.88 Å². The molecule has 0 amide bonds. The summed E-state index contributed by atoms with van der Waals surface area (Å²) >= 11 is 0. The van der Waals surface area contributed by atoms with Crippen molar-refractivity contribution in [2.45, 2.75) is 32.9 Å². The topological polar surface area (TPSA) is 34.0 Å². The predicted molar refractivity (Wildman–Crippen MR) is 96.8 cm³/mol. The number of rotatable bonds is 5. The average Bonchev–Trinajstić information content (AvgIpc) is 2.88. The number of nitrogens with zero attached hydrogens (tertiary/aromatic N) is 4. The quantitative estimate of drug-likeness (QED) is 0.719. The van der Waals surface area contributed by atoms with Gasteiger partial charge in [0, 0.05) is 37.9 Å². The third kappa shape index (κ3) is 2.94. The fraction of sp³-hybridized carbons (Fsp3) is 0.400. The smallest absolute Gasteiger partial charge is 0.124 e. The zero-order valence-electron chi connectivity index (χ0n) is 14.4. The maximum atomic E-state index is 4.90. The van der Waals surface area contributed by atoms with Crippen LogP contribution in [-0.4, -0.2) is 32.5 Å². The lowest BCUT2D eigenvalue weighted by molar-refractivity contribution is 0.134. The summed E-state index contributed by atoms with van der Waals surface area (Å²) in [6.45, 7) is 8.70. The lowest BCUT2D eigenvalue weighted by atomic mass is 9.92. The Morgan fingerprint density at radius 3 is 2.58 bits per heavy atom. The highest BCUT2D eigenvalue weighted by molar-refractivity contribution is 5.75. The fourth-order valence-corrected chi connectivity index (χ4v) is 3.56. The normalized spacial score (nSPS) is 16.0. The summed E-state index contributed by atoms with van der Waals surface area (Å²) in [5.41, 5.74) is 3.77. The molecule has 0 spiro atoms. The molecule has 0 aliphatic carbocycles. The van der Waals surface area contributed by atoms with Gasteiger partial charge in [0.2, 0.25) is 0 Å². The number of fused-ring (bicyclic) bond motifs is 1. The molecule has 4 rings (SSSR count). The van der Waals surface area contributed by atoms with Crippen LogP contribution in [0.25, 0.3) is 11.0 Å². The third-order valence-corrected chi connectivity index (χ3v) is 4.78. The number of hydrogen-bond donors (Lipinski definition) is 0. The molecule has 0 saturated carbocycles. The molecule has 3 aromatic rings. The summed E-state index contributed by atoms with van der Waals surface area (Å²) in [4.78, 5) is 11.5. The van der Waals surface area contributed by atoms with Gasteiger partial charge in [-0.25, -0.2) is 4.98 Å². The number of pyridine rings is 1. The number of hydrogen-bond acceptors (Lipinski definition) is 3. The Labute approximate surface area is 143 Å². The van der Waals surface area contributed by atoms with Gasteiger partial charge in [-0.1, -0.05) is 26.0 Å². The van der Waals surface area contributed by atoms with Gasteiger partial charge in [0.05, 0.1) is 17.6 Å². The van der Waals surface area contributed by atoms with E-state index in [1.807, 2.05) is 12.4 Å². The van der Waals surface area contributed by atoms with E-state index >= 15 is 0 Å². The Kier molecular flexibility index (Phi) is 4.07. The molecule has 4 heteroatoms. The van der Waals surface area contributed by atoms with Crippen LogP contribution in [0.15, 0.2) is 48.8 Å². The van der Waals surface area contributed by atoms with Crippen LogP contribution in [0.5, 0.6) is 0 Å². The van der Waals surface area contributed by atoms with E-state index in [2.05, 4.69) is 64.7 Å². The molecule has 0 unspecified atom stereocenters. The standard InChI is InChI=1S/C20H24N4/c1-15(2)11-24-19-6-4-3-5-18(19)22-20(24)14-23-12-17(13-23)16-7-9-21-10-8-16/h3-10,15,17H,11-14H2,1-2H3. The third-order valence-electron chi connectivity index (χ3n) is 4.78. The SMILES string of the molecule is CC(C)Cn1c(CN2CC(c3ccncc3)C2)nc2ccccc21. The van der Waals surface area contributed by atoms with Gasteiger partial charge in [0.15, 0.2) is 0 Å². The van der Waals surface area contributed by atoms with Crippen molar-refractivity contribution in [1.29, 1.82) is 0 Å². The zero-order chi connectivity index (χ0) is 16.5. The minimum Gasteiger partial charge on any atom is -0.327 e. The second kappa shape index (κ2) is 6.36. The molecular weight excluding hydrogens is 296 g/mol. The summed E-state index contributed by atoms with van der Waals surface area (Å²) < 4.78 is 2.40. The Morgan fingerprint density at radius 2 is 1.83 bits per heavy atom. The molecule has 0 N–H and O–H groups in total. The fourth-order valence-electron chi connectivity index (χ4n) is 3.56. The Hall–Kier alpha value is -2.20. The van der Waals surface area contributed by atoms with Gasteiger partial charge in [-0.15, -0.1) is 0 Å². The molecule has 24 heavy (non-hydrogen) atoms. The molecule has 124 valence electrons. The number of para-hydroxylation sites is 2. The van der Waals surface area contributed by atoms with Crippen LogP contribution in [0.4, 0.5) is 0 Å². The molecule has 1 saturated heterocycles. The first-order valence-electron chi connectivity index (χ1n) is 8.77. The number of aromatic nitrogens is 3. The molecule has 1 aliphatic rings. The summed E-state index contributed by atoms with van der Waals surface area (Å²) in [5, 5.41) is 0. The van der Waals surface area contributed by atoms with Crippen molar-refractivity contribution in [3.05, 3.63) is 60.2 Å². The van der Waals surface area contributed by atoms with Crippen LogP contribution in [0, 0.1) is 5.92 Å². The molecule has 1 aliphatic heterocycles. The predicted octanol–water partition coefficient (Wildman–Crippen LogP) is 3.69. The van der Waals surface area contributed by atoms with Gasteiger partial charge >= 0.3 is 0 Å². The Bertz CT molecular complexity index is 816. The van der Waals surface area contributed by atoms with Crippen molar-refractivity contribution in [2.24, 2.45) is 5.92 Å². The lowest BCUT2D eigenvalue weighted by Gasteiger charge is -2.39. The van der Waals surface area contributed by atoms with E-state index in [-0.39, 0.29) is 0 Å². The lowest BCUT2D eigenvalue weighted by Crippen LogP contribution is -2.44. The van der Waals surface area contributed by atoms with Crippen LogP contribution in [0.2, 0.25) is 0 Å². The van der Waals surface area contributed by atoms with Crippen LogP contribution in [0.1, 0.15) is 31.2 Å². The highest BCUT2D eigenvalue weighted by Crippen LogP contribution is 2.28. The molecule has 4 nitrogen and oxygen atoms in total. The van der Waals surface area contributed by atoms with Gasteiger partial charge in [0.1, 0.15) is 5.82 Å². The van der Waals surface area contributed by atoms with Crippen molar-refractivity contribution in [1.82, 2.24) is 19.4 Å². The first-order chi connectivity index (χ1) is 11.7. The van der Waals surface area contributed by atoms with E-state index in [0.717, 1.165) is 31.7 Å². The van der Waals surface area contributed by atoms with Crippen molar-refractivity contribution in [3.63, 3.8) is 0 Å². The van der Waals surface area contributed by atoms with E-state index in [9.17, 15) is 0 Å². The number of likely N-dealkylation sites (tertiary alicyclic amines) is 1. The maximum absolute atomic E-state index is 4.90. The zero-order valence-corrected chi connectivity index (χ0v) is 14.4. The molecule has 0 radical (unpaired) electrons. The Morgan fingerprint density at radius 1 is 1.08 bits per heavy atom. The molecule has 2 aromatic heterocycles. The maximum Gasteiger partial charge on any atom is 0.124 e. The largest absolute Gasteiger partial charge is 0.327 e. The van der Waals surface area contributed by atoms with Crippen LogP contribution >= 0.6 is 0 Å². The van der Waals surface area contributed by atoms with Gasteiger partial charge in [-0.05, 0) is 35.7 Å². The first kappa shape index (κ1) is 15.3. The van der Waals surface area contributed by atoms with Gasteiger partial charge < -0.3 is 4.57 Å². The van der Waals surface area contributed by atoms with Crippen LogP contribution in [-0.2, 0) is 13.1 Å². The molecule has 3 heterocycles. The average molecular weight is 320 g/mol. The second-order valence-electron chi connectivity index (χ2n) is 7.19. The van der Waals surface area contributed by atoms with Crippen LogP contribution in [0.3, 0.4) is 0 Å². The Balaban J connectivity index is 1.51. The van der Waals surface area contributed by atoms with Crippen LogP contribution < -0.4 is 0 Å². The molecule has 1 fully saturated rings. The van der Waals surface area contributed by atoms with E-state index in [4.69, 9.17) is 4.98 Å². The van der Waals surface area contributed by atoms with E-state index in [1.165, 1.54) is 16.9 Å². The minimum absolute atomic E-state index is 0.613. The summed E-state index contributed by atoms with van der Waals surface area (Å²) in [6, 6.07) is 12.7. The van der Waals surface area contributed by atoms with Crippen molar-refractivity contribution < 1.29 is 0 Å². The van der Waals surface area contributed by atoms with E-state index in [1.54, 1.807) is 0 Å². The summed E-state index contributed by atoms with van der Waals surface area (Å²) in [7, 11) is 0. The first-order valence-corrected chi connectivity index (χ1v) is 8.77. The highest BCUT2D eigenvalue weighted by Gasteiger charge is 2.29. The molecule has 0 atom stereocenters. The minimum atomic E-state index is 0.613. The summed E-state index contributed by atoms with van der Waals surface area (Å²) in [6.07, 6.45) is 3.78. The molecular formula is C20H24N4. The van der Waals surface area contributed by atoms with E-state index in [0.29, 0.717) is 11.8 Å².